The highest BCUT2D eigenvalue weighted by Crippen LogP contribution is 2.26. The highest BCUT2D eigenvalue weighted by Gasteiger charge is 2.37. The molecule has 0 aromatic rings. The quantitative estimate of drug-likeness (QED) is 0.603. The second-order valence-corrected chi connectivity index (χ2v) is 7.09. The summed E-state index contributed by atoms with van der Waals surface area (Å²) in [4.78, 5) is 22.4. The van der Waals surface area contributed by atoms with Crippen molar-refractivity contribution >= 4 is 11.7 Å². The third-order valence-electron chi connectivity index (χ3n) is 5.44. The Balaban J connectivity index is 0.000000175. The number of Topliss-reactive ketones (excluding diaryl/α,β-unsaturated/α-hetero) is 1. The number of rotatable bonds is 2. The largest absolute Gasteiger partial charge is 0.352 e. The molecule has 1 fully saturated rings. The molecule has 3 aliphatic rings. The molecule has 134 valence electrons. The van der Waals surface area contributed by atoms with Gasteiger partial charge in [-0.1, -0.05) is 24.3 Å². The molecular weight excluding hydrogens is 300 g/mol. The van der Waals surface area contributed by atoms with E-state index in [0.29, 0.717) is 23.8 Å². The Morgan fingerprint density at radius 3 is 2.17 bits per heavy atom. The van der Waals surface area contributed by atoms with Crippen molar-refractivity contribution in [1.29, 1.82) is 0 Å². The number of allylic oxidation sites excluding steroid dienone is 4. The van der Waals surface area contributed by atoms with Crippen LogP contribution in [0, 0.1) is 11.8 Å². The summed E-state index contributed by atoms with van der Waals surface area (Å²) in [6.45, 7) is 1.71. The average Bonchev–Trinajstić information content (AvgIpc) is 2.50. The van der Waals surface area contributed by atoms with Gasteiger partial charge in [-0.25, -0.2) is 0 Å². The van der Waals surface area contributed by atoms with Gasteiger partial charge in [-0.3, -0.25) is 9.59 Å². The molecule has 3 rings (SSSR count). The lowest BCUT2D eigenvalue weighted by molar-refractivity contribution is -0.135. The van der Waals surface area contributed by atoms with Crippen LogP contribution in [0.1, 0.15) is 58.3 Å². The van der Waals surface area contributed by atoms with Gasteiger partial charge in [0.25, 0.3) is 0 Å². The minimum absolute atomic E-state index is 0.218. The van der Waals surface area contributed by atoms with Gasteiger partial charge in [-0.15, -0.1) is 0 Å². The van der Waals surface area contributed by atoms with E-state index < -0.39 is 0 Å². The zero-order valence-corrected chi connectivity index (χ0v) is 15.1. The van der Waals surface area contributed by atoms with Gasteiger partial charge in [0.15, 0.2) is 0 Å². The summed E-state index contributed by atoms with van der Waals surface area (Å²) in [5, 5.41) is 6.19. The van der Waals surface area contributed by atoms with Gasteiger partial charge in [0.1, 0.15) is 5.78 Å². The lowest BCUT2D eigenvalue weighted by atomic mass is 9.82. The summed E-state index contributed by atoms with van der Waals surface area (Å²) in [5.74, 6) is 1.15. The van der Waals surface area contributed by atoms with Crippen LogP contribution in [0.3, 0.4) is 0 Å². The van der Waals surface area contributed by atoms with Gasteiger partial charge >= 0.3 is 0 Å². The van der Waals surface area contributed by atoms with Crippen LogP contribution in [0.4, 0.5) is 0 Å². The van der Waals surface area contributed by atoms with Crippen LogP contribution in [-0.2, 0) is 9.59 Å². The predicted octanol–water partition coefficient (Wildman–Crippen LogP) is 3.14. The standard InChI is InChI=1S/C11H19NO.C9H13NO/c1-9(13)10-7-5-3-4-6-8-11(10)12-2;11-9-7-5-3-1-2-4-6-8(7)10-9/h3-4,10-12H,5-8H2,1-2H3;1-2,7-8H,3-6H2,(H,10,11)/b4-3-;2-1-/t10-,11?;7-,8?/m01/s1. The lowest BCUT2D eigenvalue weighted by Gasteiger charge is -2.37. The number of fused-ring (bicyclic) bond motifs is 1. The van der Waals surface area contributed by atoms with Crippen molar-refractivity contribution < 1.29 is 9.59 Å². The molecule has 2 N–H and O–H groups in total. The Morgan fingerprint density at radius 2 is 1.58 bits per heavy atom. The van der Waals surface area contributed by atoms with Crippen molar-refractivity contribution in [2.24, 2.45) is 11.8 Å². The summed E-state index contributed by atoms with van der Waals surface area (Å²) in [6, 6.07) is 0.870. The van der Waals surface area contributed by atoms with E-state index in [-0.39, 0.29) is 11.8 Å². The highest BCUT2D eigenvalue weighted by molar-refractivity contribution is 5.85. The van der Waals surface area contributed by atoms with E-state index >= 15 is 0 Å². The number of amides is 1. The van der Waals surface area contributed by atoms with Crippen LogP contribution in [0.25, 0.3) is 0 Å². The molecule has 0 aromatic carbocycles. The van der Waals surface area contributed by atoms with Crippen LogP contribution in [-0.4, -0.2) is 30.8 Å². The number of carbonyl (C=O) groups is 2. The maximum Gasteiger partial charge on any atom is 0.225 e. The molecule has 2 unspecified atom stereocenters. The molecule has 24 heavy (non-hydrogen) atoms. The predicted molar refractivity (Wildman–Crippen MR) is 97.7 cm³/mol. The minimum atomic E-state index is 0.218. The van der Waals surface area contributed by atoms with Crippen molar-refractivity contribution in [3.63, 3.8) is 0 Å². The molecule has 2 aliphatic carbocycles. The Labute approximate surface area is 146 Å². The van der Waals surface area contributed by atoms with Crippen LogP contribution in [0.2, 0.25) is 0 Å². The van der Waals surface area contributed by atoms with Crippen molar-refractivity contribution in [1.82, 2.24) is 10.6 Å². The highest BCUT2D eigenvalue weighted by atomic mass is 16.2. The molecule has 4 nitrogen and oxygen atoms in total. The first kappa shape index (κ1) is 18.9. The monoisotopic (exact) mass is 332 g/mol. The zero-order valence-electron chi connectivity index (χ0n) is 15.1. The molecule has 4 atom stereocenters. The fraction of sp³-hybridized carbons (Fsp3) is 0.700. The normalized spacial score (nSPS) is 35.2. The topological polar surface area (TPSA) is 58.2 Å². The Kier molecular flexibility index (Phi) is 7.70. The summed E-state index contributed by atoms with van der Waals surface area (Å²) in [7, 11) is 1.95. The average molecular weight is 332 g/mol. The summed E-state index contributed by atoms with van der Waals surface area (Å²) < 4.78 is 0. The molecule has 1 saturated heterocycles. The molecular formula is C20H32N2O2. The zero-order chi connectivity index (χ0) is 17.4. The Morgan fingerprint density at radius 1 is 1.00 bits per heavy atom. The van der Waals surface area contributed by atoms with Crippen LogP contribution in [0.5, 0.6) is 0 Å². The molecule has 0 bridgehead atoms. The smallest absolute Gasteiger partial charge is 0.225 e. The first-order valence-electron chi connectivity index (χ1n) is 9.41. The SMILES string of the molecule is CNC1CC/C=C\CC[C@H]1C(C)=O.O=C1NC2CC/C=C\CC[C@@H]12. The van der Waals surface area contributed by atoms with Crippen molar-refractivity contribution in [2.75, 3.05) is 7.05 Å². The van der Waals surface area contributed by atoms with E-state index in [1.54, 1.807) is 6.92 Å². The van der Waals surface area contributed by atoms with Gasteiger partial charge in [0.2, 0.25) is 5.91 Å². The van der Waals surface area contributed by atoms with Gasteiger partial charge in [-0.2, -0.15) is 0 Å². The van der Waals surface area contributed by atoms with E-state index in [4.69, 9.17) is 0 Å². The third-order valence-corrected chi connectivity index (χ3v) is 5.44. The molecule has 1 aliphatic heterocycles. The van der Waals surface area contributed by atoms with Gasteiger partial charge in [-0.05, 0) is 65.3 Å². The van der Waals surface area contributed by atoms with Crippen LogP contribution in [0.15, 0.2) is 24.3 Å². The summed E-state index contributed by atoms with van der Waals surface area (Å²) in [6.07, 6.45) is 17.4. The Bertz CT molecular complexity index is 484. The minimum Gasteiger partial charge on any atom is -0.352 e. The van der Waals surface area contributed by atoms with Gasteiger partial charge in [0.05, 0.1) is 5.92 Å². The number of nitrogens with one attached hydrogen (secondary N) is 2. The van der Waals surface area contributed by atoms with Crippen molar-refractivity contribution in [3.05, 3.63) is 24.3 Å². The lowest BCUT2D eigenvalue weighted by Crippen LogP contribution is -2.57. The molecule has 0 spiro atoms. The van der Waals surface area contributed by atoms with E-state index in [2.05, 4.69) is 34.9 Å². The number of ketones is 1. The van der Waals surface area contributed by atoms with E-state index in [0.717, 1.165) is 51.4 Å². The summed E-state index contributed by atoms with van der Waals surface area (Å²) in [5.41, 5.74) is 0. The number of hydrogen-bond acceptors (Lipinski definition) is 3. The van der Waals surface area contributed by atoms with E-state index in [1.807, 2.05) is 7.05 Å². The maximum atomic E-state index is 11.4. The Hall–Kier alpha value is -1.42. The molecule has 0 aromatic heterocycles. The van der Waals surface area contributed by atoms with Crippen LogP contribution >= 0.6 is 0 Å². The van der Waals surface area contributed by atoms with E-state index in [9.17, 15) is 9.59 Å². The molecule has 4 heteroatoms. The number of hydrogen-bond donors (Lipinski definition) is 2. The molecule has 0 radical (unpaired) electrons. The third kappa shape index (κ3) is 5.30. The first-order chi connectivity index (χ1) is 11.6. The van der Waals surface area contributed by atoms with Gasteiger partial charge in [0, 0.05) is 18.0 Å². The number of β-lactam (4-membered cyclic amide) rings is 1. The maximum absolute atomic E-state index is 11.4. The second-order valence-electron chi connectivity index (χ2n) is 7.09. The molecule has 0 saturated carbocycles. The van der Waals surface area contributed by atoms with Crippen molar-refractivity contribution in [2.45, 2.75) is 70.4 Å². The molecule has 1 amide bonds. The fourth-order valence-corrected chi connectivity index (χ4v) is 3.89. The van der Waals surface area contributed by atoms with Crippen molar-refractivity contribution in [3.8, 4) is 0 Å². The van der Waals surface area contributed by atoms with Gasteiger partial charge < -0.3 is 10.6 Å². The molecule has 1 heterocycles. The second kappa shape index (κ2) is 9.77. The summed E-state index contributed by atoms with van der Waals surface area (Å²) >= 11 is 0. The number of carbonyl (C=O) groups excluding carboxylic acids is 2. The van der Waals surface area contributed by atoms with E-state index in [1.165, 1.54) is 0 Å². The fourth-order valence-electron chi connectivity index (χ4n) is 3.89. The first-order valence-corrected chi connectivity index (χ1v) is 9.41. The van der Waals surface area contributed by atoms with Crippen LogP contribution < -0.4 is 10.6 Å².